The van der Waals surface area contributed by atoms with Crippen LogP contribution in [0.25, 0.3) is 0 Å². The molecule has 0 fully saturated rings. The highest BCUT2D eigenvalue weighted by Crippen LogP contribution is 2.43. The first kappa shape index (κ1) is 16.1. The van der Waals surface area contributed by atoms with Crippen molar-refractivity contribution in [3.63, 3.8) is 0 Å². The number of ether oxygens (including phenoxy) is 1. The second-order valence-electron chi connectivity index (χ2n) is 6.00. The van der Waals surface area contributed by atoms with Crippen molar-refractivity contribution >= 4 is 5.91 Å². The van der Waals surface area contributed by atoms with Gasteiger partial charge < -0.3 is 10.1 Å². The molecule has 0 saturated heterocycles. The predicted molar refractivity (Wildman–Crippen MR) is 96.3 cm³/mol. The highest BCUT2D eigenvalue weighted by atomic mass is 16.5. The lowest BCUT2D eigenvalue weighted by Gasteiger charge is -2.27. The molecule has 1 amide bonds. The highest BCUT2D eigenvalue weighted by Gasteiger charge is 2.32. The van der Waals surface area contributed by atoms with Crippen molar-refractivity contribution in [2.45, 2.75) is 12.5 Å². The Morgan fingerprint density at radius 1 is 1.04 bits per heavy atom. The van der Waals surface area contributed by atoms with E-state index in [0.29, 0.717) is 24.6 Å². The van der Waals surface area contributed by atoms with Crippen LogP contribution < -0.4 is 15.7 Å². The van der Waals surface area contributed by atoms with Crippen LogP contribution in [0.5, 0.6) is 11.5 Å². The van der Waals surface area contributed by atoms with Crippen molar-refractivity contribution in [2.24, 2.45) is 0 Å². The molecule has 6 heteroatoms. The summed E-state index contributed by atoms with van der Waals surface area (Å²) in [6.45, 7) is 0.705. The second kappa shape index (κ2) is 6.84. The number of aromatic nitrogens is 2. The first-order valence-electron chi connectivity index (χ1n) is 8.39. The van der Waals surface area contributed by atoms with Crippen LogP contribution in [0.15, 0.2) is 71.8 Å². The van der Waals surface area contributed by atoms with Crippen LogP contribution in [0.2, 0.25) is 0 Å². The molecule has 2 heterocycles. The van der Waals surface area contributed by atoms with E-state index in [1.165, 1.54) is 10.8 Å². The molecule has 0 radical (unpaired) electrons. The minimum Gasteiger partial charge on any atom is -0.457 e. The summed E-state index contributed by atoms with van der Waals surface area (Å²) in [4.78, 5) is 28.3. The summed E-state index contributed by atoms with van der Waals surface area (Å²) in [7, 11) is 0. The molecule has 0 atom stereocenters. The first-order valence-corrected chi connectivity index (χ1v) is 8.39. The maximum absolute atomic E-state index is 12.9. The zero-order valence-electron chi connectivity index (χ0n) is 14.0. The number of rotatable bonds is 4. The average molecular weight is 347 g/mol. The molecule has 1 aromatic heterocycles. The molecule has 130 valence electrons. The first-order chi connectivity index (χ1) is 12.7. The topological polar surface area (TPSA) is 73.2 Å². The summed E-state index contributed by atoms with van der Waals surface area (Å²) < 4.78 is 7.38. The Bertz CT molecular complexity index is 967. The molecule has 0 unspecified atom stereocenters. The normalized spacial score (nSPS) is 12.6. The van der Waals surface area contributed by atoms with Crippen LogP contribution in [-0.2, 0) is 11.3 Å². The van der Waals surface area contributed by atoms with E-state index < -0.39 is 5.92 Å². The van der Waals surface area contributed by atoms with E-state index in [-0.39, 0.29) is 11.6 Å². The summed E-state index contributed by atoms with van der Waals surface area (Å²) in [5, 5.41) is 2.93. The summed E-state index contributed by atoms with van der Waals surface area (Å²) in [5.41, 5.74) is 1.34. The largest absolute Gasteiger partial charge is 0.457 e. The molecule has 1 aliphatic rings. The number of fused-ring (bicyclic) bond motifs is 2. The average Bonchev–Trinajstić information content (AvgIpc) is 2.67. The van der Waals surface area contributed by atoms with Crippen LogP contribution >= 0.6 is 0 Å². The third-order valence-corrected chi connectivity index (χ3v) is 4.38. The molecular formula is C20H17N3O3. The number of amides is 1. The number of nitrogens with one attached hydrogen (secondary N) is 1. The fourth-order valence-electron chi connectivity index (χ4n) is 3.15. The lowest BCUT2D eigenvalue weighted by molar-refractivity contribution is -0.121. The molecule has 0 aliphatic carbocycles. The standard InChI is InChI=1S/C20H17N3O3/c24-19(21-11-13-23-12-5-10-22-20(23)25)18-14-6-1-3-8-16(14)26-17-9-4-2-7-15(17)18/h1-10,12,18H,11,13H2,(H,21,24). The van der Waals surface area contributed by atoms with Crippen molar-refractivity contribution in [1.29, 1.82) is 0 Å². The molecular weight excluding hydrogens is 330 g/mol. The fraction of sp³-hybridized carbons (Fsp3) is 0.150. The predicted octanol–water partition coefficient (Wildman–Crippen LogP) is 2.30. The van der Waals surface area contributed by atoms with Crippen molar-refractivity contribution in [3.8, 4) is 11.5 Å². The number of para-hydroxylation sites is 2. The third kappa shape index (κ3) is 2.97. The van der Waals surface area contributed by atoms with Gasteiger partial charge in [-0.1, -0.05) is 36.4 Å². The van der Waals surface area contributed by atoms with Crippen molar-refractivity contribution in [3.05, 3.63) is 88.6 Å². The van der Waals surface area contributed by atoms with Gasteiger partial charge in [-0.05, 0) is 18.2 Å². The zero-order chi connectivity index (χ0) is 17.9. The lowest BCUT2D eigenvalue weighted by atomic mass is 9.87. The molecule has 26 heavy (non-hydrogen) atoms. The number of hydrogen-bond donors (Lipinski definition) is 1. The molecule has 0 saturated carbocycles. The van der Waals surface area contributed by atoms with Gasteiger partial charge in [0.15, 0.2) is 0 Å². The van der Waals surface area contributed by atoms with Crippen molar-refractivity contribution in [2.75, 3.05) is 6.54 Å². The van der Waals surface area contributed by atoms with E-state index in [9.17, 15) is 9.59 Å². The van der Waals surface area contributed by atoms with Gasteiger partial charge in [-0.2, -0.15) is 0 Å². The summed E-state index contributed by atoms with van der Waals surface area (Å²) >= 11 is 0. The number of carbonyl (C=O) groups excluding carboxylic acids is 1. The Morgan fingerprint density at radius 2 is 1.69 bits per heavy atom. The van der Waals surface area contributed by atoms with Crippen LogP contribution in [0.4, 0.5) is 0 Å². The summed E-state index contributed by atoms with van der Waals surface area (Å²) in [6, 6.07) is 16.8. The summed E-state index contributed by atoms with van der Waals surface area (Å²) in [5.74, 6) is 0.816. The smallest absolute Gasteiger partial charge is 0.347 e. The molecule has 6 nitrogen and oxygen atoms in total. The van der Waals surface area contributed by atoms with Crippen LogP contribution in [0, 0.1) is 0 Å². The highest BCUT2D eigenvalue weighted by molar-refractivity contribution is 5.89. The minimum absolute atomic E-state index is 0.120. The number of hydrogen-bond acceptors (Lipinski definition) is 4. The van der Waals surface area contributed by atoms with E-state index in [4.69, 9.17) is 4.74 Å². The van der Waals surface area contributed by atoms with E-state index in [1.807, 2.05) is 48.5 Å². The molecule has 4 rings (SSSR count). The van der Waals surface area contributed by atoms with Crippen molar-refractivity contribution < 1.29 is 9.53 Å². The Balaban J connectivity index is 1.56. The third-order valence-electron chi connectivity index (χ3n) is 4.38. The Labute approximate surface area is 150 Å². The van der Waals surface area contributed by atoms with E-state index >= 15 is 0 Å². The molecule has 2 aromatic carbocycles. The summed E-state index contributed by atoms with van der Waals surface area (Å²) in [6.07, 6.45) is 3.11. The Kier molecular flexibility index (Phi) is 4.23. The SMILES string of the molecule is O=C(NCCn1cccnc1=O)C1c2ccccc2Oc2ccccc21. The number of nitrogens with zero attached hydrogens (tertiary/aromatic N) is 2. The molecule has 0 spiro atoms. The molecule has 0 bridgehead atoms. The van der Waals surface area contributed by atoms with Gasteiger partial charge in [0.1, 0.15) is 11.5 Å². The number of carbonyl (C=O) groups is 1. The van der Waals surface area contributed by atoms with E-state index in [2.05, 4.69) is 10.3 Å². The van der Waals surface area contributed by atoms with Crippen LogP contribution in [0.1, 0.15) is 17.0 Å². The maximum Gasteiger partial charge on any atom is 0.347 e. The molecule has 1 N–H and O–H groups in total. The van der Waals surface area contributed by atoms with E-state index in [1.54, 1.807) is 12.3 Å². The van der Waals surface area contributed by atoms with Gasteiger partial charge in [-0.15, -0.1) is 0 Å². The second-order valence-corrected chi connectivity index (χ2v) is 6.00. The maximum atomic E-state index is 12.9. The molecule has 3 aromatic rings. The van der Waals surface area contributed by atoms with Gasteiger partial charge in [0.25, 0.3) is 0 Å². The van der Waals surface area contributed by atoms with Crippen LogP contribution in [0.3, 0.4) is 0 Å². The van der Waals surface area contributed by atoms with Crippen molar-refractivity contribution in [1.82, 2.24) is 14.9 Å². The van der Waals surface area contributed by atoms with Gasteiger partial charge in [-0.3, -0.25) is 9.36 Å². The van der Waals surface area contributed by atoms with E-state index in [0.717, 1.165) is 11.1 Å². The molecule has 1 aliphatic heterocycles. The lowest BCUT2D eigenvalue weighted by Crippen LogP contribution is -2.35. The van der Waals surface area contributed by atoms with Crippen LogP contribution in [-0.4, -0.2) is 22.0 Å². The number of benzene rings is 2. The zero-order valence-corrected chi connectivity index (χ0v) is 14.0. The quantitative estimate of drug-likeness (QED) is 0.786. The Hall–Kier alpha value is -3.41. The fourth-order valence-corrected chi connectivity index (χ4v) is 3.15. The van der Waals surface area contributed by atoms with Gasteiger partial charge in [0, 0.05) is 36.6 Å². The minimum atomic E-state index is -0.443. The Morgan fingerprint density at radius 3 is 2.35 bits per heavy atom. The van der Waals surface area contributed by atoms with Gasteiger partial charge in [0.2, 0.25) is 5.91 Å². The van der Waals surface area contributed by atoms with Gasteiger partial charge in [-0.25, -0.2) is 9.78 Å². The van der Waals surface area contributed by atoms with Gasteiger partial charge >= 0.3 is 5.69 Å². The monoisotopic (exact) mass is 347 g/mol. The van der Waals surface area contributed by atoms with Gasteiger partial charge in [0.05, 0.1) is 5.92 Å².